The molecule has 1 aromatic heterocycles. The average Bonchev–Trinajstić information content (AvgIpc) is 3.65. The molecule has 1 saturated carbocycles. The third-order valence-electron chi connectivity index (χ3n) is 7.07. The molecule has 0 aliphatic heterocycles. The first-order chi connectivity index (χ1) is 17.5. The van der Waals surface area contributed by atoms with Crippen LogP contribution in [-0.4, -0.2) is 45.7 Å². The Balaban J connectivity index is 1.42. The maximum Gasteiger partial charge on any atom is 0.242 e. The van der Waals surface area contributed by atoms with Gasteiger partial charge in [-0.2, -0.15) is 0 Å². The van der Waals surface area contributed by atoms with Gasteiger partial charge in [0.1, 0.15) is 12.4 Å². The van der Waals surface area contributed by atoms with Crippen LogP contribution in [-0.2, 0) is 22.6 Å². The monoisotopic (exact) mass is 491 g/mol. The Morgan fingerprint density at radius 1 is 0.972 bits per heavy atom. The predicted molar refractivity (Wildman–Crippen MR) is 142 cm³/mol. The van der Waals surface area contributed by atoms with Crippen molar-refractivity contribution >= 4 is 22.7 Å². The number of unbranched alkanes of at least 4 members (excludes halogenated alkanes) is 4. The molecule has 6 heteroatoms. The lowest BCUT2D eigenvalue weighted by atomic mass is 10.1. The molecular formula is C30H38FN3O2. The van der Waals surface area contributed by atoms with Gasteiger partial charge < -0.3 is 14.8 Å². The van der Waals surface area contributed by atoms with Crippen molar-refractivity contribution in [2.24, 2.45) is 0 Å². The third kappa shape index (κ3) is 7.19. The van der Waals surface area contributed by atoms with E-state index in [1.54, 1.807) is 12.1 Å². The largest absolute Gasteiger partial charge is 0.361 e. The summed E-state index contributed by atoms with van der Waals surface area (Å²) in [5.74, 6) is -0.244. The van der Waals surface area contributed by atoms with Crippen molar-refractivity contribution in [2.75, 3.05) is 13.1 Å². The Kier molecular flexibility index (Phi) is 9.15. The molecular weight excluding hydrogens is 453 g/mol. The first-order valence-corrected chi connectivity index (χ1v) is 13.4. The number of fused-ring (bicyclic) bond motifs is 1. The van der Waals surface area contributed by atoms with Crippen LogP contribution in [0, 0.1) is 5.82 Å². The highest BCUT2D eigenvalue weighted by atomic mass is 19.1. The van der Waals surface area contributed by atoms with E-state index in [9.17, 15) is 14.0 Å². The van der Waals surface area contributed by atoms with E-state index in [1.165, 1.54) is 25.0 Å². The van der Waals surface area contributed by atoms with E-state index < -0.39 is 0 Å². The van der Waals surface area contributed by atoms with Crippen LogP contribution < -0.4 is 0 Å². The standard InChI is InChI=1S/C30H38FN3O2/c1-2-3-4-5-6-11-29(35)34(26-16-17-26)22-30(36)33(21-23-12-14-25(31)15-13-23)19-18-24-20-32-28-10-8-7-9-27(24)28/h7-10,12-15,20,26,32H,2-6,11,16-19,21-22H2,1H3. The summed E-state index contributed by atoms with van der Waals surface area (Å²) >= 11 is 0. The lowest BCUT2D eigenvalue weighted by molar-refractivity contribution is -0.141. The predicted octanol–water partition coefficient (Wildman–Crippen LogP) is 6.23. The fourth-order valence-corrected chi connectivity index (χ4v) is 4.77. The van der Waals surface area contributed by atoms with Crippen molar-refractivity contribution in [1.82, 2.24) is 14.8 Å². The van der Waals surface area contributed by atoms with Gasteiger partial charge in [0, 0.05) is 42.7 Å². The van der Waals surface area contributed by atoms with E-state index in [0.717, 1.165) is 54.1 Å². The lowest BCUT2D eigenvalue weighted by Gasteiger charge is -2.28. The molecule has 0 bridgehead atoms. The summed E-state index contributed by atoms with van der Waals surface area (Å²) in [5, 5.41) is 1.16. The first kappa shape index (κ1) is 25.9. The summed E-state index contributed by atoms with van der Waals surface area (Å²) in [4.78, 5) is 33.5. The van der Waals surface area contributed by atoms with Gasteiger partial charge >= 0.3 is 0 Å². The smallest absolute Gasteiger partial charge is 0.242 e. The van der Waals surface area contributed by atoms with E-state index in [0.29, 0.717) is 25.9 Å². The summed E-state index contributed by atoms with van der Waals surface area (Å²) < 4.78 is 13.5. The molecule has 5 nitrogen and oxygen atoms in total. The SMILES string of the molecule is CCCCCCCC(=O)N(CC(=O)N(CCc1c[nH]c2ccccc12)Cc1ccc(F)cc1)C1CC1. The van der Waals surface area contributed by atoms with Crippen molar-refractivity contribution in [1.29, 1.82) is 0 Å². The Hall–Kier alpha value is -3.15. The minimum absolute atomic E-state index is 0.0506. The van der Waals surface area contributed by atoms with Crippen LogP contribution in [0.1, 0.15) is 69.4 Å². The van der Waals surface area contributed by atoms with E-state index in [1.807, 2.05) is 34.2 Å². The van der Waals surface area contributed by atoms with Gasteiger partial charge in [-0.15, -0.1) is 0 Å². The van der Waals surface area contributed by atoms with Crippen LogP contribution in [0.15, 0.2) is 54.7 Å². The second kappa shape index (κ2) is 12.7. The van der Waals surface area contributed by atoms with Crippen molar-refractivity contribution < 1.29 is 14.0 Å². The zero-order valence-electron chi connectivity index (χ0n) is 21.3. The van der Waals surface area contributed by atoms with Gasteiger partial charge in [0.2, 0.25) is 11.8 Å². The maximum atomic E-state index is 13.6. The fourth-order valence-electron chi connectivity index (χ4n) is 4.77. The number of amides is 2. The van der Waals surface area contributed by atoms with Crippen LogP contribution in [0.2, 0.25) is 0 Å². The molecule has 0 atom stereocenters. The molecule has 36 heavy (non-hydrogen) atoms. The molecule has 1 aliphatic carbocycles. The summed E-state index contributed by atoms with van der Waals surface area (Å²) in [6.45, 7) is 3.22. The Morgan fingerprint density at radius 3 is 2.47 bits per heavy atom. The zero-order chi connectivity index (χ0) is 25.3. The zero-order valence-corrected chi connectivity index (χ0v) is 21.3. The molecule has 192 valence electrons. The van der Waals surface area contributed by atoms with Gasteiger partial charge in [0.15, 0.2) is 0 Å². The molecule has 0 radical (unpaired) electrons. The highest BCUT2D eigenvalue weighted by molar-refractivity contribution is 5.86. The average molecular weight is 492 g/mol. The first-order valence-electron chi connectivity index (χ1n) is 13.4. The molecule has 0 spiro atoms. The van der Waals surface area contributed by atoms with Gasteiger partial charge in [-0.05, 0) is 55.0 Å². The maximum absolute atomic E-state index is 13.6. The number of nitrogens with one attached hydrogen (secondary N) is 1. The number of rotatable bonds is 14. The molecule has 1 N–H and O–H groups in total. The summed E-state index contributed by atoms with van der Waals surface area (Å²) in [6, 6.07) is 14.6. The number of hydrogen-bond donors (Lipinski definition) is 1. The molecule has 3 aromatic rings. The number of benzene rings is 2. The minimum Gasteiger partial charge on any atom is -0.361 e. The number of carbonyl (C=O) groups excluding carboxylic acids is 2. The minimum atomic E-state index is -0.292. The molecule has 1 aliphatic rings. The lowest BCUT2D eigenvalue weighted by Crippen LogP contribution is -2.44. The van der Waals surface area contributed by atoms with Crippen LogP contribution in [0.25, 0.3) is 10.9 Å². The van der Waals surface area contributed by atoms with Gasteiger partial charge in [-0.25, -0.2) is 4.39 Å². The highest BCUT2D eigenvalue weighted by Crippen LogP contribution is 2.28. The number of hydrogen-bond acceptors (Lipinski definition) is 2. The number of aromatic amines is 1. The van der Waals surface area contributed by atoms with Crippen molar-refractivity contribution in [3.63, 3.8) is 0 Å². The van der Waals surface area contributed by atoms with Crippen LogP contribution >= 0.6 is 0 Å². The topological polar surface area (TPSA) is 56.4 Å². The number of para-hydroxylation sites is 1. The number of halogens is 1. The molecule has 4 rings (SSSR count). The van der Waals surface area contributed by atoms with Crippen molar-refractivity contribution in [2.45, 2.75) is 77.3 Å². The van der Waals surface area contributed by atoms with E-state index in [4.69, 9.17) is 0 Å². The summed E-state index contributed by atoms with van der Waals surface area (Å²) in [5.41, 5.74) is 3.11. The fraction of sp³-hybridized carbons (Fsp3) is 0.467. The van der Waals surface area contributed by atoms with Crippen molar-refractivity contribution in [3.8, 4) is 0 Å². The van der Waals surface area contributed by atoms with E-state index >= 15 is 0 Å². The molecule has 0 unspecified atom stereocenters. The summed E-state index contributed by atoms with van der Waals surface area (Å²) in [6.07, 6.45) is 10.7. The van der Waals surface area contributed by atoms with E-state index in [2.05, 4.69) is 18.0 Å². The van der Waals surface area contributed by atoms with Gasteiger partial charge in [0.25, 0.3) is 0 Å². The number of aromatic nitrogens is 1. The summed E-state index contributed by atoms with van der Waals surface area (Å²) in [7, 11) is 0. The van der Waals surface area contributed by atoms with Crippen LogP contribution in [0.3, 0.4) is 0 Å². The normalized spacial score (nSPS) is 13.2. The number of carbonyl (C=O) groups is 2. The quantitative estimate of drug-likeness (QED) is 0.272. The van der Waals surface area contributed by atoms with Gasteiger partial charge in [-0.3, -0.25) is 9.59 Å². The van der Waals surface area contributed by atoms with E-state index in [-0.39, 0.29) is 30.2 Å². The van der Waals surface area contributed by atoms with Crippen LogP contribution in [0.5, 0.6) is 0 Å². The molecule has 2 aromatic carbocycles. The van der Waals surface area contributed by atoms with Crippen LogP contribution in [0.4, 0.5) is 4.39 Å². The molecule has 1 heterocycles. The third-order valence-corrected chi connectivity index (χ3v) is 7.07. The van der Waals surface area contributed by atoms with Gasteiger partial charge in [0.05, 0.1) is 0 Å². The Bertz CT molecular complexity index is 1140. The molecule has 2 amide bonds. The second-order valence-electron chi connectivity index (χ2n) is 9.97. The Labute approximate surface area is 213 Å². The molecule has 1 fully saturated rings. The van der Waals surface area contributed by atoms with Crippen molar-refractivity contribution in [3.05, 3.63) is 71.7 Å². The molecule has 0 saturated heterocycles. The van der Waals surface area contributed by atoms with Gasteiger partial charge in [-0.1, -0.05) is 62.9 Å². The number of H-pyrrole nitrogens is 1. The number of nitrogens with zero attached hydrogens (tertiary/aromatic N) is 2. The second-order valence-corrected chi connectivity index (χ2v) is 9.97. The highest BCUT2D eigenvalue weighted by Gasteiger charge is 2.34. The Morgan fingerprint density at radius 2 is 1.72 bits per heavy atom.